The highest BCUT2D eigenvalue weighted by atomic mass is 16.7. The van der Waals surface area contributed by atoms with Crippen LogP contribution in [0.15, 0.2) is 30.3 Å². The first-order valence-electron chi connectivity index (χ1n) is 3.52. The molecule has 0 aliphatic carbocycles. The lowest BCUT2D eigenvalue weighted by molar-refractivity contribution is 0.0697. The molecule has 0 heterocycles. The maximum atomic E-state index is 10.2. The summed E-state index contributed by atoms with van der Waals surface area (Å²) in [6.07, 6.45) is -0.968. The maximum absolute atomic E-state index is 10.2. The van der Waals surface area contributed by atoms with Crippen molar-refractivity contribution in [3.05, 3.63) is 35.9 Å². The first kappa shape index (κ1) is 11.9. The molecule has 6 nitrogen and oxygen atoms in total. The van der Waals surface area contributed by atoms with Crippen LogP contribution in [0.3, 0.4) is 0 Å². The zero-order valence-electron chi connectivity index (χ0n) is 7.21. The molecule has 0 aliphatic rings. The van der Waals surface area contributed by atoms with Crippen LogP contribution in [0.1, 0.15) is 10.4 Å². The van der Waals surface area contributed by atoms with Gasteiger partial charge in [0.25, 0.3) is 0 Å². The lowest BCUT2D eigenvalue weighted by Crippen LogP contribution is -2.16. The third-order valence-corrected chi connectivity index (χ3v) is 1.14. The molecular formula is C8H10N2O4. The molecule has 0 aliphatic heterocycles. The molecule has 0 aromatic heterocycles. The number of hydrogen-bond acceptors (Lipinski definition) is 4. The second-order valence-corrected chi connectivity index (χ2v) is 2.11. The van der Waals surface area contributed by atoms with E-state index in [1.54, 1.807) is 30.3 Å². The summed E-state index contributed by atoms with van der Waals surface area (Å²) in [4.78, 5) is 22.8. The first-order valence-corrected chi connectivity index (χ1v) is 3.52. The van der Waals surface area contributed by atoms with Crippen molar-refractivity contribution in [2.75, 3.05) is 0 Å². The number of carbonyl (C=O) groups is 2. The number of nitrogens with two attached hydrogens (primary N) is 2. The zero-order chi connectivity index (χ0) is 11.0. The molecule has 1 amide bonds. The molecule has 1 aromatic rings. The quantitative estimate of drug-likeness (QED) is 0.562. The Labute approximate surface area is 80.0 Å². The molecule has 0 saturated heterocycles. The van der Waals surface area contributed by atoms with Crippen LogP contribution in [0.5, 0.6) is 0 Å². The summed E-state index contributed by atoms with van der Waals surface area (Å²) in [5.74, 6) is 3.32. The molecule has 76 valence electrons. The Hall–Kier alpha value is -2.08. The van der Waals surface area contributed by atoms with Crippen LogP contribution < -0.4 is 11.6 Å². The van der Waals surface area contributed by atoms with Gasteiger partial charge in [-0.3, -0.25) is 0 Å². The van der Waals surface area contributed by atoms with Crippen molar-refractivity contribution < 1.29 is 19.5 Å². The lowest BCUT2D eigenvalue weighted by atomic mass is 10.2. The van der Waals surface area contributed by atoms with E-state index in [1.807, 2.05) is 0 Å². The third-order valence-electron chi connectivity index (χ3n) is 1.14. The van der Waals surface area contributed by atoms with Crippen LogP contribution in [0.4, 0.5) is 4.79 Å². The number of aromatic carboxylic acids is 1. The molecule has 6 heteroatoms. The van der Waals surface area contributed by atoms with Gasteiger partial charge in [0.2, 0.25) is 0 Å². The fraction of sp³-hybridized carbons (Fsp3) is 0. The summed E-state index contributed by atoms with van der Waals surface area (Å²) in [6.45, 7) is 0. The molecular weight excluding hydrogens is 188 g/mol. The number of hydrogen-bond donors (Lipinski definition) is 3. The highest BCUT2D eigenvalue weighted by Gasteiger charge is 1.96. The Balaban J connectivity index is 0.000000292. The van der Waals surface area contributed by atoms with Gasteiger partial charge in [-0.1, -0.05) is 18.2 Å². The summed E-state index contributed by atoms with van der Waals surface area (Å²) in [7, 11) is 0. The Morgan fingerprint density at radius 2 is 1.64 bits per heavy atom. The SMILES string of the molecule is NOC(N)=O.O=C(O)c1ccccc1. The Bertz CT molecular complexity index is 299. The average molecular weight is 198 g/mol. The minimum Gasteiger partial charge on any atom is -0.478 e. The summed E-state index contributed by atoms with van der Waals surface area (Å²) in [5.41, 5.74) is 4.64. The number of primary amides is 1. The maximum Gasteiger partial charge on any atom is 0.423 e. The van der Waals surface area contributed by atoms with Gasteiger partial charge in [0.15, 0.2) is 0 Å². The summed E-state index contributed by atoms with van der Waals surface area (Å²) in [5, 5.41) is 8.38. The molecule has 0 spiro atoms. The van der Waals surface area contributed by atoms with Crippen LogP contribution in [-0.4, -0.2) is 17.2 Å². The van der Waals surface area contributed by atoms with Gasteiger partial charge in [0.05, 0.1) is 5.56 Å². The van der Waals surface area contributed by atoms with E-state index in [9.17, 15) is 9.59 Å². The summed E-state index contributed by atoms with van der Waals surface area (Å²) < 4.78 is 0. The molecule has 14 heavy (non-hydrogen) atoms. The summed E-state index contributed by atoms with van der Waals surface area (Å²) >= 11 is 0. The van der Waals surface area contributed by atoms with Crippen molar-refractivity contribution >= 4 is 12.1 Å². The number of carboxylic acids is 1. The van der Waals surface area contributed by atoms with Gasteiger partial charge < -0.3 is 15.7 Å². The molecule has 1 rings (SSSR count). The summed E-state index contributed by atoms with van der Waals surface area (Å²) in [6, 6.07) is 8.30. The van der Waals surface area contributed by atoms with Crippen LogP contribution in [0.2, 0.25) is 0 Å². The highest BCUT2D eigenvalue weighted by Crippen LogP contribution is 1.96. The van der Waals surface area contributed by atoms with Gasteiger partial charge >= 0.3 is 12.1 Å². The van der Waals surface area contributed by atoms with E-state index in [0.29, 0.717) is 5.56 Å². The molecule has 0 atom stereocenters. The van der Waals surface area contributed by atoms with Crippen LogP contribution in [-0.2, 0) is 4.84 Å². The van der Waals surface area contributed by atoms with E-state index < -0.39 is 12.1 Å². The number of amides is 1. The fourth-order valence-electron chi connectivity index (χ4n) is 0.581. The van der Waals surface area contributed by atoms with Crippen LogP contribution in [0.25, 0.3) is 0 Å². The molecule has 0 unspecified atom stereocenters. The number of rotatable bonds is 1. The van der Waals surface area contributed by atoms with Crippen molar-refractivity contribution in [3.63, 3.8) is 0 Å². The van der Waals surface area contributed by atoms with E-state index in [0.717, 1.165) is 0 Å². The predicted molar refractivity (Wildman–Crippen MR) is 48.3 cm³/mol. The van der Waals surface area contributed by atoms with E-state index in [1.165, 1.54) is 0 Å². The number of benzene rings is 1. The van der Waals surface area contributed by atoms with Gasteiger partial charge in [-0.2, -0.15) is 5.90 Å². The number of carboxylic acid groups (broad SMARTS) is 1. The largest absolute Gasteiger partial charge is 0.478 e. The van der Waals surface area contributed by atoms with Gasteiger partial charge in [-0.25, -0.2) is 9.59 Å². The molecule has 0 saturated carbocycles. The van der Waals surface area contributed by atoms with Gasteiger partial charge in [-0.05, 0) is 12.1 Å². The Morgan fingerprint density at radius 3 is 1.86 bits per heavy atom. The molecule has 1 aromatic carbocycles. The average Bonchev–Trinajstić information content (AvgIpc) is 2.20. The van der Waals surface area contributed by atoms with Crippen molar-refractivity contribution in [2.45, 2.75) is 0 Å². The zero-order valence-corrected chi connectivity index (χ0v) is 7.21. The lowest BCUT2D eigenvalue weighted by Gasteiger charge is -1.88. The Kier molecular flexibility index (Phi) is 5.48. The molecule has 0 bridgehead atoms. The molecule has 0 fully saturated rings. The van der Waals surface area contributed by atoms with Crippen LogP contribution >= 0.6 is 0 Å². The second-order valence-electron chi connectivity index (χ2n) is 2.11. The smallest absolute Gasteiger partial charge is 0.423 e. The normalized spacial score (nSPS) is 8.07. The first-order chi connectivity index (χ1) is 6.57. The van der Waals surface area contributed by atoms with Crippen molar-refractivity contribution in [1.29, 1.82) is 0 Å². The minimum absolute atomic E-state index is 0.331. The molecule has 0 radical (unpaired) electrons. The second kappa shape index (κ2) is 6.44. The van der Waals surface area contributed by atoms with Gasteiger partial charge in [0.1, 0.15) is 0 Å². The van der Waals surface area contributed by atoms with Crippen molar-refractivity contribution in [2.24, 2.45) is 11.6 Å². The third kappa shape index (κ3) is 5.56. The van der Waals surface area contributed by atoms with E-state index >= 15 is 0 Å². The standard InChI is InChI=1S/C7H6O2.CH4N2O2/c8-7(9)6-4-2-1-3-5-6;2-1(4)5-3/h1-5H,(H,8,9);3H2,(H2,2,4). The van der Waals surface area contributed by atoms with E-state index in [-0.39, 0.29) is 0 Å². The van der Waals surface area contributed by atoms with Gasteiger partial charge in [-0.15, -0.1) is 0 Å². The topological polar surface area (TPSA) is 116 Å². The van der Waals surface area contributed by atoms with E-state index in [2.05, 4.69) is 16.5 Å². The highest BCUT2D eigenvalue weighted by molar-refractivity contribution is 5.87. The predicted octanol–water partition coefficient (Wildman–Crippen LogP) is 0.340. The minimum atomic E-state index is -0.968. The van der Waals surface area contributed by atoms with Crippen molar-refractivity contribution in [1.82, 2.24) is 0 Å². The monoisotopic (exact) mass is 198 g/mol. The van der Waals surface area contributed by atoms with Crippen molar-refractivity contribution in [3.8, 4) is 0 Å². The molecule has 5 N–H and O–H groups in total. The number of carbonyl (C=O) groups excluding carboxylic acids is 1. The Morgan fingerprint density at radius 1 is 1.21 bits per heavy atom. The fourth-order valence-corrected chi connectivity index (χ4v) is 0.581. The van der Waals surface area contributed by atoms with Crippen LogP contribution in [0, 0.1) is 0 Å². The van der Waals surface area contributed by atoms with Gasteiger partial charge in [0, 0.05) is 0 Å². The van der Waals surface area contributed by atoms with E-state index in [4.69, 9.17) is 5.11 Å².